The summed E-state index contributed by atoms with van der Waals surface area (Å²) in [5.74, 6) is -2.77. The van der Waals surface area contributed by atoms with Crippen LogP contribution in [-0.2, 0) is 9.05 Å². The molecule has 1 aliphatic carbocycles. The van der Waals surface area contributed by atoms with Gasteiger partial charge in [-0.05, 0) is 37.3 Å². The second-order valence-corrected chi connectivity index (χ2v) is 7.83. The molecule has 8 heteroatoms. The third-order valence-electron chi connectivity index (χ3n) is 3.54. The Kier molecular flexibility index (Phi) is 4.53. The molecule has 1 N–H and O–H groups in total. The van der Waals surface area contributed by atoms with Gasteiger partial charge in [0.25, 0.3) is 15.0 Å². The first-order valence-corrected chi connectivity index (χ1v) is 8.74. The smallest absolute Gasteiger partial charge is 0.264 e. The zero-order chi connectivity index (χ0) is 15.8. The second-order valence-electron chi connectivity index (χ2n) is 5.29. The number of nitrogens with one attached hydrogen (secondary N) is 1. The number of amides is 1. The van der Waals surface area contributed by atoms with Gasteiger partial charge in [-0.2, -0.15) is 0 Å². The van der Waals surface area contributed by atoms with E-state index in [0.717, 1.165) is 19.3 Å². The Bertz CT molecular complexity index is 678. The van der Waals surface area contributed by atoms with Gasteiger partial charge in [-0.25, -0.2) is 17.2 Å². The summed E-state index contributed by atoms with van der Waals surface area (Å²) in [5.41, 5.74) is -0.659. The van der Waals surface area contributed by atoms with Gasteiger partial charge >= 0.3 is 0 Å². The fourth-order valence-electron chi connectivity index (χ4n) is 2.51. The lowest BCUT2D eigenvalue weighted by Crippen LogP contribution is -2.33. The largest absolute Gasteiger partial charge is 0.349 e. The molecule has 1 aromatic rings. The minimum atomic E-state index is -4.47. The van der Waals surface area contributed by atoms with Crippen LogP contribution in [0.15, 0.2) is 17.0 Å². The zero-order valence-electron chi connectivity index (χ0n) is 11.2. The van der Waals surface area contributed by atoms with Crippen LogP contribution in [0.1, 0.15) is 36.5 Å². The van der Waals surface area contributed by atoms with Crippen molar-refractivity contribution in [2.45, 2.75) is 37.1 Å². The molecule has 0 heterocycles. The first-order valence-electron chi connectivity index (χ1n) is 6.43. The quantitative estimate of drug-likeness (QED) is 0.863. The molecule has 0 radical (unpaired) electrons. The molecule has 21 heavy (non-hydrogen) atoms. The molecule has 2 unspecified atom stereocenters. The van der Waals surface area contributed by atoms with Gasteiger partial charge in [-0.15, -0.1) is 0 Å². The van der Waals surface area contributed by atoms with Gasteiger partial charge in [0.15, 0.2) is 5.82 Å². The predicted molar refractivity (Wildman–Crippen MR) is 73.7 cm³/mol. The summed E-state index contributed by atoms with van der Waals surface area (Å²) in [4.78, 5) is 11.0. The lowest BCUT2D eigenvalue weighted by Gasteiger charge is -2.13. The van der Waals surface area contributed by atoms with E-state index >= 15 is 0 Å². The Morgan fingerprint density at radius 2 is 2.00 bits per heavy atom. The lowest BCUT2D eigenvalue weighted by molar-refractivity contribution is 0.0932. The van der Waals surface area contributed by atoms with Crippen molar-refractivity contribution in [2.75, 3.05) is 0 Å². The standard InChI is InChI=1S/C13H14ClF2NO3S/c1-7-2-3-9(4-7)17-13(18)10-5-8(15)6-11(12(10)16)21(14,19)20/h5-7,9H,2-4H2,1H3,(H,17,18). The molecule has 0 aromatic heterocycles. The van der Waals surface area contributed by atoms with Crippen molar-refractivity contribution in [3.8, 4) is 0 Å². The summed E-state index contributed by atoms with van der Waals surface area (Å²) in [5, 5.41) is 2.59. The van der Waals surface area contributed by atoms with Gasteiger partial charge in [0, 0.05) is 16.7 Å². The van der Waals surface area contributed by atoms with E-state index in [2.05, 4.69) is 5.32 Å². The third-order valence-corrected chi connectivity index (χ3v) is 4.86. The van der Waals surface area contributed by atoms with Gasteiger partial charge in [0.2, 0.25) is 0 Å². The fraction of sp³-hybridized carbons (Fsp3) is 0.462. The van der Waals surface area contributed by atoms with E-state index < -0.39 is 37.1 Å². The van der Waals surface area contributed by atoms with Crippen LogP contribution in [0.3, 0.4) is 0 Å². The van der Waals surface area contributed by atoms with E-state index in [-0.39, 0.29) is 6.04 Å². The Labute approximate surface area is 125 Å². The number of hydrogen-bond acceptors (Lipinski definition) is 3. The maximum Gasteiger partial charge on any atom is 0.264 e. The Hall–Kier alpha value is -1.21. The molecule has 2 atom stereocenters. The number of halogens is 3. The molecule has 1 amide bonds. The number of benzene rings is 1. The van der Waals surface area contributed by atoms with Crippen molar-refractivity contribution >= 4 is 25.6 Å². The SMILES string of the molecule is CC1CCC(NC(=O)c2cc(F)cc(S(=O)(=O)Cl)c2F)C1. The highest BCUT2D eigenvalue weighted by molar-refractivity contribution is 8.13. The van der Waals surface area contributed by atoms with E-state index in [1.165, 1.54) is 0 Å². The summed E-state index contributed by atoms with van der Waals surface area (Å²) >= 11 is 0. The molecule has 0 saturated heterocycles. The lowest BCUT2D eigenvalue weighted by atomic mass is 10.1. The normalized spacial score (nSPS) is 22.3. The van der Waals surface area contributed by atoms with E-state index in [1.54, 1.807) is 0 Å². The van der Waals surface area contributed by atoms with Crippen LogP contribution in [0.2, 0.25) is 0 Å². The molecule has 0 aliphatic heterocycles. The summed E-state index contributed by atoms with van der Waals surface area (Å²) < 4.78 is 49.9. The maximum atomic E-state index is 14.1. The monoisotopic (exact) mass is 337 g/mol. The summed E-state index contributed by atoms with van der Waals surface area (Å²) in [6.07, 6.45) is 2.45. The van der Waals surface area contributed by atoms with Crippen LogP contribution in [0, 0.1) is 17.6 Å². The van der Waals surface area contributed by atoms with Crippen LogP contribution in [0.5, 0.6) is 0 Å². The minimum Gasteiger partial charge on any atom is -0.349 e. The Morgan fingerprint density at radius 3 is 2.52 bits per heavy atom. The molecule has 0 spiro atoms. The first kappa shape index (κ1) is 16.2. The molecule has 116 valence electrons. The van der Waals surface area contributed by atoms with Gasteiger partial charge in [0.05, 0.1) is 5.56 Å². The van der Waals surface area contributed by atoms with Crippen LogP contribution < -0.4 is 5.32 Å². The highest BCUT2D eigenvalue weighted by Gasteiger charge is 2.27. The number of hydrogen-bond donors (Lipinski definition) is 1. The molecule has 4 nitrogen and oxygen atoms in total. The van der Waals surface area contributed by atoms with Gasteiger partial charge in [-0.1, -0.05) is 6.92 Å². The van der Waals surface area contributed by atoms with Crippen molar-refractivity contribution in [1.82, 2.24) is 5.32 Å². The maximum absolute atomic E-state index is 14.1. The average molecular weight is 338 g/mol. The minimum absolute atomic E-state index is 0.119. The molecule has 1 aromatic carbocycles. The summed E-state index contributed by atoms with van der Waals surface area (Å²) in [6.45, 7) is 2.03. The Morgan fingerprint density at radius 1 is 1.33 bits per heavy atom. The first-order chi connectivity index (χ1) is 9.68. The van der Waals surface area contributed by atoms with Crippen LogP contribution in [0.4, 0.5) is 8.78 Å². The highest BCUT2D eigenvalue weighted by Crippen LogP contribution is 2.26. The number of carbonyl (C=O) groups is 1. The summed E-state index contributed by atoms with van der Waals surface area (Å²) in [7, 11) is 0.565. The van der Waals surface area contributed by atoms with Crippen molar-refractivity contribution in [3.63, 3.8) is 0 Å². The average Bonchev–Trinajstić information content (AvgIpc) is 2.75. The highest BCUT2D eigenvalue weighted by atomic mass is 35.7. The molecule has 1 fully saturated rings. The molecular weight excluding hydrogens is 324 g/mol. The van der Waals surface area contributed by atoms with Crippen molar-refractivity contribution in [1.29, 1.82) is 0 Å². The van der Waals surface area contributed by atoms with Crippen molar-refractivity contribution < 1.29 is 22.0 Å². The fourth-order valence-corrected chi connectivity index (χ4v) is 3.42. The zero-order valence-corrected chi connectivity index (χ0v) is 12.8. The topological polar surface area (TPSA) is 63.2 Å². The molecule has 0 bridgehead atoms. The molecule has 2 rings (SSSR count). The van der Waals surface area contributed by atoms with Gasteiger partial charge < -0.3 is 5.32 Å². The van der Waals surface area contributed by atoms with Crippen LogP contribution >= 0.6 is 10.7 Å². The molecular formula is C13H14ClF2NO3S. The van der Waals surface area contributed by atoms with Crippen LogP contribution in [-0.4, -0.2) is 20.4 Å². The molecule has 1 saturated carbocycles. The summed E-state index contributed by atoms with van der Waals surface area (Å²) in [6, 6.07) is 0.993. The van der Waals surface area contributed by atoms with E-state index in [9.17, 15) is 22.0 Å². The number of rotatable bonds is 3. The van der Waals surface area contributed by atoms with E-state index in [0.29, 0.717) is 18.1 Å². The van der Waals surface area contributed by atoms with Crippen LogP contribution in [0.25, 0.3) is 0 Å². The van der Waals surface area contributed by atoms with Gasteiger partial charge in [-0.3, -0.25) is 4.79 Å². The van der Waals surface area contributed by atoms with Crippen molar-refractivity contribution in [3.05, 3.63) is 29.3 Å². The van der Waals surface area contributed by atoms with Crippen molar-refractivity contribution in [2.24, 2.45) is 5.92 Å². The van der Waals surface area contributed by atoms with E-state index in [4.69, 9.17) is 10.7 Å². The molecule has 1 aliphatic rings. The third kappa shape index (κ3) is 3.71. The Balaban J connectivity index is 2.31. The predicted octanol–water partition coefficient (Wildman–Crippen LogP) is 2.81. The van der Waals surface area contributed by atoms with Gasteiger partial charge in [0.1, 0.15) is 10.7 Å². The number of carbonyl (C=O) groups excluding carboxylic acids is 1. The van der Waals surface area contributed by atoms with E-state index in [1.807, 2.05) is 6.92 Å². The second kappa shape index (κ2) is 5.88.